The molecule has 0 radical (unpaired) electrons. The Morgan fingerprint density at radius 1 is 1.00 bits per heavy atom. The summed E-state index contributed by atoms with van der Waals surface area (Å²) in [6.07, 6.45) is 0.814. The maximum atomic E-state index is 13.5. The molecular formula is C20H33NO3S. The first-order valence-corrected chi connectivity index (χ1v) is 10.9. The molecule has 25 heavy (non-hydrogen) atoms. The molecule has 0 spiro atoms. The summed E-state index contributed by atoms with van der Waals surface area (Å²) in [6, 6.07) is 4.13. The first-order valence-electron chi connectivity index (χ1n) is 9.41. The van der Waals surface area contributed by atoms with Crippen molar-refractivity contribution in [3.8, 4) is 0 Å². The predicted molar refractivity (Wildman–Crippen MR) is 103 cm³/mol. The quantitative estimate of drug-likeness (QED) is 0.848. The molecule has 5 heteroatoms. The molecule has 1 aliphatic rings. The highest BCUT2D eigenvalue weighted by molar-refractivity contribution is 7.89. The van der Waals surface area contributed by atoms with Gasteiger partial charge in [0.25, 0.3) is 0 Å². The van der Waals surface area contributed by atoms with Crippen LogP contribution >= 0.6 is 0 Å². The fourth-order valence-electron chi connectivity index (χ4n) is 3.46. The third-order valence-electron chi connectivity index (χ3n) is 5.04. The van der Waals surface area contributed by atoms with E-state index in [1.54, 1.807) is 0 Å². The van der Waals surface area contributed by atoms with Gasteiger partial charge in [0.05, 0.1) is 11.0 Å². The zero-order chi connectivity index (χ0) is 18.9. The Morgan fingerprint density at radius 2 is 1.52 bits per heavy atom. The van der Waals surface area contributed by atoms with Crippen molar-refractivity contribution in [2.45, 2.75) is 83.1 Å². The lowest BCUT2D eigenvalue weighted by atomic mass is 9.89. The number of nitrogens with zero attached hydrogens (tertiary/aromatic N) is 1. The van der Waals surface area contributed by atoms with Crippen molar-refractivity contribution in [1.29, 1.82) is 0 Å². The summed E-state index contributed by atoms with van der Waals surface area (Å²) in [4.78, 5) is 0.469. The van der Waals surface area contributed by atoms with E-state index in [1.807, 2.05) is 27.7 Å². The van der Waals surface area contributed by atoms with Gasteiger partial charge in [0, 0.05) is 13.1 Å². The molecule has 1 fully saturated rings. The number of rotatable bonds is 5. The highest BCUT2D eigenvalue weighted by atomic mass is 32.2. The minimum atomic E-state index is -3.62. The largest absolute Gasteiger partial charge is 0.392 e. The lowest BCUT2D eigenvalue weighted by molar-refractivity contribution is 0.108. The van der Waals surface area contributed by atoms with E-state index in [-0.39, 0.29) is 18.4 Å². The van der Waals surface area contributed by atoms with E-state index in [1.165, 1.54) is 9.87 Å². The minimum Gasteiger partial charge on any atom is -0.392 e. The number of benzene rings is 1. The van der Waals surface area contributed by atoms with Crippen LogP contribution in [0.2, 0.25) is 0 Å². The van der Waals surface area contributed by atoms with Gasteiger partial charge in [0.15, 0.2) is 0 Å². The smallest absolute Gasteiger partial charge is 0.243 e. The summed E-state index contributed by atoms with van der Waals surface area (Å²) in [5, 5.41) is 9.96. The molecule has 1 aliphatic heterocycles. The second-order valence-corrected chi connectivity index (χ2v) is 10.0. The van der Waals surface area contributed by atoms with Gasteiger partial charge in [0.2, 0.25) is 10.0 Å². The van der Waals surface area contributed by atoms with E-state index in [2.05, 4.69) is 26.0 Å². The number of hydrogen-bond donors (Lipinski definition) is 1. The first kappa shape index (κ1) is 20.4. The first-order chi connectivity index (χ1) is 11.6. The summed E-state index contributed by atoms with van der Waals surface area (Å²) in [5.74, 6) is 0.593. The molecule has 0 aliphatic carbocycles. The van der Waals surface area contributed by atoms with Gasteiger partial charge in [-0.1, -0.05) is 53.7 Å². The van der Waals surface area contributed by atoms with E-state index < -0.39 is 16.1 Å². The summed E-state index contributed by atoms with van der Waals surface area (Å²) in [7, 11) is -3.62. The molecule has 1 saturated heterocycles. The molecule has 1 aromatic carbocycles. The predicted octanol–water partition coefficient (Wildman–Crippen LogP) is 4.20. The van der Waals surface area contributed by atoms with Crippen molar-refractivity contribution in [3.05, 3.63) is 28.8 Å². The summed E-state index contributed by atoms with van der Waals surface area (Å²) >= 11 is 0. The Bertz CT molecular complexity index is 679. The number of aliphatic hydroxyl groups is 1. The van der Waals surface area contributed by atoms with Crippen LogP contribution in [0.1, 0.15) is 88.8 Å². The summed E-state index contributed by atoms with van der Waals surface area (Å²) in [6.45, 7) is 13.2. The van der Waals surface area contributed by atoms with E-state index >= 15 is 0 Å². The Hall–Kier alpha value is -0.910. The van der Waals surface area contributed by atoms with Crippen molar-refractivity contribution >= 4 is 10.0 Å². The van der Waals surface area contributed by atoms with Crippen molar-refractivity contribution in [3.63, 3.8) is 0 Å². The maximum absolute atomic E-state index is 13.5. The minimum absolute atomic E-state index is 0.121. The van der Waals surface area contributed by atoms with Crippen molar-refractivity contribution in [1.82, 2.24) is 4.31 Å². The number of hydrogen-bond acceptors (Lipinski definition) is 3. The number of piperidine rings is 1. The van der Waals surface area contributed by atoms with Gasteiger partial charge in [0.1, 0.15) is 0 Å². The van der Waals surface area contributed by atoms with Gasteiger partial charge in [-0.05, 0) is 47.3 Å². The molecule has 0 saturated carbocycles. The van der Waals surface area contributed by atoms with Crippen molar-refractivity contribution in [2.75, 3.05) is 13.1 Å². The van der Waals surface area contributed by atoms with Gasteiger partial charge in [-0.2, -0.15) is 4.31 Å². The lowest BCUT2D eigenvalue weighted by Crippen LogP contribution is -2.42. The molecule has 0 aromatic heterocycles. The van der Waals surface area contributed by atoms with Crippen LogP contribution in [0.5, 0.6) is 0 Å². The number of β-amino-alcohol motifs (C(OH)–C–C–N with tert-alkyl or cyclic N) is 1. The van der Waals surface area contributed by atoms with E-state index in [4.69, 9.17) is 0 Å². The zero-order valence-corrected chi connectivity index (χ0v) is 17.2. The van der Waals surface area contributed by atoms with E-state index in [0.717, 1.165) is 11.1 Å². The third kappa shape index (κ3) is 4.26. The van der Waals surface area contributed by atoms with Crippen LogP contribution < -0.4 is 0 Å². The molecular weight excluding hydrogens is 334 g/mol. The normalized spacial score (nSPS) is 20.0. The number of sulfonamides is 1. The van der Waals surface area contributed by atoms with Crippen LogP contribution in [0, 0.1) is 0 Å². The lowest BCUT2D eigenvalue weighted by Gasteiger charge is -2.32. The van der Waals surface area contributed by atoms with Gasteiger partial charge in [-0.3, -0.25) is 0 Å². The van der Waals surface area contributed by atoms with Crippen molar-refractivity contribution in [2.24, 2.45) is 0 Å². The third-order valence-corrected chi connectivity index (χ3v) is 7.04. The van der Waals surface area contributed by atoms with Crippen molar-refractivity contribution < 1.29 is 13.5 Å². The van der Waals surface area contributed by atoms with Crippen LogP contribution in [0.4, 0.5) is 0 Å². The summed E-state index contributed by atoms with van der Waals surface area (Å²) < 4.78 is 28.4. The molecule has 1 atom stereocenters. The highest BCUT2D eigenvalue weighted by Crippen LogP contribution is 2.37. The van der Waals surface area contributed by atoms with Crippen LogP contribution in [-0.4, -0.2) is 37.0 Å². The van der Waals surface area contributed by atoms with Crippen LogP contribution in [0.15, 0.2) is 17.0 Å². The highest BCUT2D eigenvalue weighted by Gasteiger charge is 2.34. The van der Waals surface area contributed by atoms with E-state index in [0.29, 0.717) is 30.2 Å². The zero-order valence-electron chi connectivity index (χ0n) is 16.4. The standard InChI is InChI=1S/C20H33NO3S/c1-13(2)16-10-18(14(3)4)20(19(11-16)15(5)6)25(23,24)21-9-7-8-17(22)12-21/h10-11,13-15,17,22H,7-9,12H2,1-6H3. The van der Waals surface area contributed by atoms with Gasteiger partial charge in [-0.25, -0.2) is 8.42 Å². The molecule has 2 rings (SSSR count). The number of aliphatic hydroxyl groups excluding tert-OH is 1. The fraction of sp³-hybridized carbons (Fsp3) is 0.700. The Balaban J connectivity index is 2.69. The molecule has 0 amide bonds. The second kappa shape index (κ2) is 7.77. The molecule has 1 unspecified atom stereocenters. The Morgan fingerprint density at radius 3 is 1.92 bits per heavy atom. The van der Waals surface area contributed by atoms with Gasteiger partial charge in [-0.15, -0.1) is 0 Å². The Labute approximate surface area is 153 Å². The molecule has 1 heterocycles. The molecule has 142 valence electrons. The molecule has 4 nitrogen and oxygen atoms in total. The molecule has 0 bridgehead atoms. The van der Waals surface area contributed by atoms with Gasteiger partial charge < -0.3 is 5.11 Å². The maximum Gasteiger partial charge on any atom is 0.243 e. The molecule has 1 aromatic rings. The monoisotopic (exact) mass is 367 g/mol. The van der Waals surface area contributed by atoms with E-state index in [9.17, 15) is 13.5 Å². The van der Waals surface area contributed by atoms with Crippen LogP contribution in [0.3, 0.4) is 0 Å². The Kier molecular flexibility index (Phi) is 6.34. The van der Waals surface area contributed by atoms with Crippen LogP contribution in [0.25, 0.3) is 0 Å². The molecule has 1 N–H and O–H groups in total. The second-order valence-electron chi connectivity index (χ2n) is 8.15. The average Bonchev–Trinajstić information content (AvgIpc) is 2.53. The van der Waals surface area contributed by atoms with Crippen LogP contribution in [-0.2, 0) is 10.0 Å². The van der Waals surface area contributed by atoms with Gasteiger partial charge >= 0.3 is 0 Å². The SMILES string of the molecule is CC(C)c1cc(C(C)C)c(S(=O)(=O)N2CCCC(O)C2)c(C(C)C)c1. The fourth-order valence-corrected chi connectivity index (χ4v) is 5.64. The summed E-state index contributed by atoms with van der Waals surface area (Å²) in [5.41, 5.74) is 2.98. The topological polar surface area (TPSA) is 57.6 Å². The average molecular weight is 368 g/mol.